The first kappa shape index (κ1) is 20.7. The average Bonchev–Trinajstić information content (AvgIpc) is 3.48. The van der Waals surface area contributed by atoms with Gasteiger partial charge in [-0.05, 0) is 55.8 Å². The Morgan fingerprint density at radius 1 is 1.19 bits per heavy atom. The second-order valence-corrected chi connectivity index (χ2v) is 8.79. The molecule has 1 atom stereocenters. The molecule has 6 nitrogen and oxygen atoms in total. The molecule has 32 heavy (non-hydrogen) atoms. The second kappa shape index (κ2) is 9.53. The minimum atomic E-state index is 0.282. The normalized spacial score (nSPS) is 15.3. The van der Waals surface area contributed by atoms with E-state index in [-0.39, 0.29) is 6.04 Å². The molecular weight excluding hydrogens is 442 g/mol. The van der Waals surface area contributed by atoms with Gasteiger partial charge in [-0.25, -0.2) is 9.97 Å². The van der Waals surface area contributed by atoms with E-state index in [1.807, 2.05) is 42.5 Å². The number of fused-ring (bicyclic) bond motifs is 1. The van der Waals surface area contributed by atoms with Crippen molar-refractivity contribution >= 4 is 44.7 Å². The Morgan fingerprint density at radius 2 is 2.16 bits per heavy atom. The van der Waals surface area contributed by atoms with Crippen molar-refractivity contribution in [3.8, 4) is 17.6 Å². The largest absolute Gasteiger partial charge is 0.486 e. The molecule has 0 aliphatic carbocycles. The van der Waals surface area contributed by atoms with Gasteiger partial charge in [-0.15, -0.1) is 11.3 Å². The highest BCUT2D eigenvalue weighted by Crippen LogP contribution is 2.32. The maximum atomic E-state index is 6.45. The molecule has 0 radical (unpaired) electrons. The van der Waals surface area contributed by atoms with Gasteiger partial charge in [-0.2, -0.15) is 0 Å². The fourth-order valence-corrected chi connectivity index (χ4v) is 4.55. The molecule has 0 saturated carbocycles. The smallest absolute Gasteiger partial charge is 0.142 e. The molecule has 1 aromatic carbocycles. The molecule has 0 amide bonds. The lowest BCUT2D eigenvalue weighted by molar-refractivity contribution is 0.301. The highest BCUT2D eigenvalue weighted by atomic mass is 35.5. The van der Waals surface area contributed by atoms with E-state index in [4.69, 9.17) is 16.3 Å². The third-order valence-electron chi connectivity index (χ3n) is 5.06. The number of hydrogen-bond acceptors (Lipinski definition) is 7. The van der Waals surface area contributed by atoms with Gasteiger partial charge in [0.2, 0.25) is 0 Å². The third-order valence-corrected chi connectivity index (χ3v) is 6.31. The van der Waals surface area contributed by atoms with Crippen molar-refractivity contribution in [2.75, 3.05) is 11.9 Å². The summed E-state index contributed by atoms with van der Waals surface area (Å²) in [4.78, 5) is 15.0. The number of thiophene rings is 1. The van der Waals surface area contributed by atoms with Gasteiger partial charge in [0.1, 0.15) is 29.3 Å². The standard InChI is InChI=1S/C24H20ClN5OS/c25-21-12-17(7-9-22(21)31-14-18-4-1-2-10-27-18)30-23-20-13-19(32-24(20)29-15-28-23)8-6-16-5-3-11-26-16/h1-2,4,7,9-10,12-13,15-16,26H,3,5,11,14H2,(H,28,29,30)/t16-/m1/s1. The lowest BCUT2D eigenvalue weighted by atomic mass is 10.2. The molecule has 5 rings (SSSR count). The first-order chi connectivity index (χ1) is 15.7. The van der Waals surface area contributed by atoms with Crippen LogP contribution in [-0.4, -0.2) is 27.5 Å². The van der Waals surface area contributed by atoms with Gasteiger partial charge in [-0.1, -0.05) is 29.5 Å². The Hall–Kier alpha value is -3.18. The van der Waals surface area contributed by atoms with E-state index in [0.717, 1.165) is 45.3 Å². The fraction of sp³-hybridized carbons (Fsp3) is 0.208. The molecule has 160 valence electrons. The van der Waals surface area contributed by atoms with E-state index in [9.17, 15) is 0 Å². The Morgan fingerprint density at radius 3 is 2.97 bits per heavy atom. The minimum absolute atomic E-state index is 0.282. The topological polar surface area (TPSA) is 72.0 Å². The number of halogens is 1. The van der Waals surface area contributed by atoms with Crippen molar-refractivity contribution in [2.24, 2.45) is 0 Å². The van der Waals surface area contributed by atoms with Gasteiger partial charge in [0.25, 0.3) is 0 Å². The first-order valence-electron chi connectivity index (χ1n) is 10.3. The lowest BCUT2D eigenvalue weighted by Crippen LogP contribution is -2.18. The zero-order valence-corrected chi connectivity index (χ0v) is 18.7. The number of rotatable bonds is 5. The van der Waals surface area contributed by atoms with Crippen LogP contribution in [0, 0.1) is 11.8 Å². The number of pyridine rings is 1. The lowest BCUT2D eigenvalue weighted by Gasteiger charge is -2.11. The SMILES string of the molecule is Clc1cc(Nc2ncnc3sc(C#C[C@H]4CCCN4)cc23)ccc1OCc1ccccn1. The predicted octanol–water partition coefficient (Wildman–Crippen LogP) is 5.17. The van der Waals surface area contributed by atoms with Crippen LogP contribution in [0.1, 0.15) is 23.4 Å². The summed E-state index contributed by atoms with van der Waals surface area (Å²) in [5.41, 5.74) is 1.66. The van der Waals surface area contributed by atoms with Crippen LogP contribution in [-0.2, 0) is 6.61 Å². The third kappa shape index (κ3) is 4.83. The molecule has 8 heteroatoms. The second-order valence-electron chi connectivity index (χ2n) is 7.35. The average molecular weight is 462 g/mol. The highest BCUT2D eigenvalue weighted by molar-refractivity contribution is 7.19. The Kier molecular flexibility index (Phi) is 6.17. The van der Waals surface area contributed by atoms with Crippen LogP contribution in [0.15, 0.2) is 55.0 Å². The molecule has 0 unspecified atom stereocenters. The van der Waals surface area contributed by atoms with Crippen LogP contribution in [0.5, 0.6) is 5.75 Å². The first-order valence-corrected chi connectivity index (χ1v) is 11.5. The van der Waals surface area contributed by atoms with E-state index in [1.54, 1.807) is 23.9 Å². The van der Waals surface area contributed by atoms with Gasteiger partial charge in [0.15, 0.2) is 0 Å². The molecule has 2 N–H and O–H groups in total. The molecule has 4 heterocycles. The number of nitrogens with zero attached hydrogens (tertiary/aromatic N) is 3. The van der Waals surface area contributed by atoms with Crippen molar-refractivity contribution in [3.63, 3.8) is 0 Å². The molecule has 1 fully saturated rings. The summed E-state index contributed by atoms with van der Waals surface area (Å²) in [7, 11) is 0. The molecule has 3 aromatic heterocycles. The number of ether oxygens (including phenoxy) is 1. The minimum Gasteiger partial charge on any atom is -0.486 e. The summed E-state index contributed by atoms with van der Waals surface area (Å²) in [6, 6.07) is 13.6. The summed E-state index contributed by atoms with van der Waals surface area (Å²) >= 11 is 8.02. The van der Waals surface area contributed by atoms with Crippen molar-refractivity contribution in [3.05, 3.63) is 70.6 Å². The van der Waals surface area contributed by atoms with Gasteiger partial charge in [0.05, 0.1) is 27.0 Å². The van der Waals surface area contributed by atoms with Crippen molar-refractivity contribution in [2.45, 2.75) is 25.5 Å². The number of nitrogens with one attached hydrogen (secondary N) is 2. The fourth-order valence-electron chi connectivity index (χ4n) is 3.45. The summed E-state index contributed by atoms with van der Waals surface area (Å²) in [5.74, 6) is 7.91. The van der Waals surface area contributed by atoms with Crippen molar-refractivity contribution < 1.29 is 4.74 Å². The molecule has 0 bridgehead atoms. The van der Waals surface area contributed by atoms with Gasteiger partial charge in [-0.3, -0.25) is 4.98 Å². The maximum absolute atomic E-state index is 6.45. The Balaban J connectivity index is 1.32. The molecule has 1 aliphatic heterocycles. The number of anilines is 2. The maximum Gasteiger partial charge on any atom is 0.142 e. The highest BCUT2D eigenvalue weighted by Gasteiger charge is 2.12. The number of benzene rings is 1. The van der Waals surface area contributed by atoms with Crippen LogP contribution in [0.2, 0.25) is 5.02 Å². The number of hydrogen-bond donors (Lipinski definition) is 2. The van der Waals surface area contributed by atoms with Crippen LogP contribution >= 0.6 is 22.9 Å². The van der Waals surface area contributed by atoms with E-state index >= 15 is 0 Å². The number of aromatic nitrogens is 3. The zero-order valence-electron chi connectivity index (χ0n) is 17.1. The summed E-state index contributed by atoms with van der Waals surface area (Å²) in [5, 5.41) is 8.19. The van der Waals surface area contributed by atoms with Crippen LogP contribution in [0.4, 0.5) is 11.5 Å². The van der Waals surface area contributed by atoms with Crippen LogP contribution in [0.3, 0.4) is 0 Å². The van der Waals surface area contributed by atoms with Crippen molar-refractivity contribution in [1.82, 2.24) is 20.3 Å². The Bertz CT molecular complexity index is 1290. The molecular formula is C24H20ClN5OS. The quantitative estimate of drug-likeness (QED) is 0.400. The predicted molar refractivity (Wildman–Crippen MR) is 129 cm³/mol. The Labute approximate surface area is 195 Å². The molecule has 0 spiro atoms. The van der Waals surface area contributed by atoms with Gasteiger partial charge in [0, 0.05) is 11.9 Å². The molecule has 4 aromatic rings. The summed E-state index contributed by atoms with van der Waals surface area (Å²) in [6.45, 7) is 1.40. The molecule has 1 saturated heterocycles. The van der Waals surface area contributed by atoms with Crippen molar-refractivity contribution in [1.29, 1.82) is 0 Å². The van der Waals surface area contributed by atoms with E-state index in [2.05, 4.69) is 37.4 Å². The summed E-state index contributed by atoms with van der Waals surface area (Å²) < 4.78 is 5.80. The van der Waals surface area contributed by atoms with Crippen LogP contribution in [0.25, 0.3) is 10.2 Å². The zero-order chi connectivity index (χ0) is 21.8. The van der Waals surface area contributed by atoms with Crippen LogP contribution < -0.4 is 15.4 Å². The molecule has 1 aliphatic rings. The van der Waals surface area contributed by atoms with Gasteiger partial charge >= 0.3 is 0 Å². The summed E-state index contributed by atoms with van der Waals surface area (Å²) in [6.07, 6.45) is 5.58. The van der Waals surface area contributed by atoms with E-state index < -0.39 is 0 Å². The van der Waals surface area contributed by atoms with E-state index in [1.165, 1.54) is 6.42 Å². The van der Waals surface area contributed by atoms with E-state index in [0.29, 0.717) is 17.4 Å². The van der Waals surface area contributed by atoms with Gasteiger partial charge < -0.3 is 15.4 Å². The monoisotopic (exact) mass is 461 g/mol.